The summed E-state index contributed by atoms with van der Waals surface area (Å²) in [7, 11) is 1.96. The summed E-state index contributed by atoms with van der Waals surface area (Å²) >= 11 is 0. The topological polar surface area (TPSA) is 50.9 Å². The summed E-state index contributed by atoms with van der Waals surface area (Å²) in [6, 6.07) is 6.45. The van der Waals surface area contributed by atoms with Crippen molar-refractivity contribution >= 4 is 16.6 Å². The van der Waals surface area contributed by atoms with E-state index < -0.39 is 0 Å². The maximum Gasteiger partial charge on any atom is 0.131 e. The highest BCUT2D eigenvalue weighted by Crippen LogP contribution is 2.31. The molecule has 0 fully saturated rings. The lowest BCUT2D eigenvalue weighted by Crippen LogP contribution is -2.15. The van der Waals surface area contributed by atoms with Gasteiger partial charge in [-0.05, 0) is 44.3 Å². The lowest BCUT2D eigenvalue weighted by Gasteiger charge is -2.18. The molecule has 17 heavy (non-hydrogen) atoms. The van der Waals surface area contributed by atoms with Crippen LogP contribution in [-0.2, 0) is 0 Å². The van der Waals surface area contributed by atoms with E-state index in [9.17, 15) is 0 Å². The number of nitrogens with zero attached hydrogens (tertiary/aromatic N) is 1. The maximum absolute atomic E-state index is 6.00. The van der Waals surface area contributed by atoms with E-state index in [2.05, 4.69) is 30.2 Å². The number of hydrogen-bond acceptors (Lipinski definition) is 3. The van der Waals surface area contributed by atoms with Crippen LogP contribution in [0.15, 0.2) is 18.2 Å². The zero-order chi connectivity index (χ0) is 12.6. The molecule has 1 aromatic carbocycles. The highest BCUT2D eigenvalue weighted by Gasteiger charge is 2.15. The van der Waals surface area contributed by atoms with Crippen LogP contribution in [0.25, 0.3) is 10.8 Å². The number of aryl methyl sites for hydroxylation is 2. The molecule has 0 radical (unpaired) electrons. The Morgan fingerprint density at radius 1 is 1.29 bits per heavy atom. The predicted molar refractivity (Wildman–Crippen MR) is 73.1 cm³/mol. The number of nitrogens with one attached hydrogen (secondary N) is 1. The predicted octanol–water partition coefficient (Wildman–Crippen LogP) is 2.71. The number of rotatable bonds is 2. The molecular weight excluding hydrogens is 210 g/mol. The van der Waals surface area contributed by atoms with Gasteiger partial charge in [-0.1, -0.05) is 18.2 Å². The summed E-state index contributed by atoms with van der Waals surface area (Å²) in [5.41, 5.74) is 9.50. The fourth-order valence-corrected chi connectivity index (χ4v) is 2.39. The number of benzene rings is 1. The van der Waals surface area contributed by atoms with Crippen LogP contribution in [0.3, 0.4) is 0 Å². The van der Waals surface area contributed by atoms with Crippen LogP contribution >= 0.6 is 0 Å². The third-order valence-electron chi connectivity index (χ3n) is 3.36. The van der Waals surface area contributed by atoms with Gasteiger partial charge in [0.25, 0.3) is 0 Å². The monoisotopic (exact) mass is 229 g/mol. The van der Waals surface area contributed by atoms with Gasteiger partial charge >= 0.3 is 0 Å². The average Bonchev–Trinajstić information content (AvgIpc) is 2.30. The fourth-order valence-electron chi connectivity index (χ4n) is 2.39. The van der Waals surface area contributed by atoms with Gasteiger partial charge in [0.15, 0.2) is 0 Å². The number of nitrogens with two attached hydrogens (primary N) is 1. The third-order valence-corrected chi connectivity index (χ3v) is 3.36. The largest absolute Gasteiger partial charge is 0.383 e. The molecule has 2 rings (SSSR count). The van der Waals surface area contributed by atoms with Crippen LogP contribution < -0.4 is 11.1 Å². The highest BCUT2D eigenvalue weighted by molar-refractivity contribution is 5.96. The molecule has 0 saturated heterocycles. The van der Waals surface area contributed by atoms with Gasteiger partial charge in [-0.25, -0.2) is 4.98 Å². The number of fused-ring (bicyclic) bond motifs is 1. The van der Waals surface area contributed by atoms with Gasteiger partial charge in [-0.15, -0.1) is 0 Å². The van der Waals surface area contributed by atoms with Crippen LogP contribution in [0.1, 0.15) is 29.8 Å². The number of hydrogen-bond donors (Lipinski definition) is 2. The second-order valence-electron chi connectivity index (χ2n) is 4.50. The molecule has 0 saturated carbocycles. The van der Waals surface area contributed by atoms with E-state index in [1.165, 1.54) is 16.5 Å². The zero-order valence-electron chi connectivity index (χ0n) is 10.8. The Morgan fingerprint density at radius 2 is 2.00 bits per heavy atom. The molecular formula is C14H19N3. The quantitative estimate of drug-likeness (QED) is 0.832. The molecule has 1 unspecified atom stereocenters. The number of pyridine rings is 1. The van der Waals surface area contributed by atoms with E-state index in [1.807, 2.05) is 26.1 Å². The Labute approximate surface area is 102 Å². The molecule has 1 atom stereocenters. The Morgan fingerprint density at radius 3 is 2.65 bits per heavy atom. The van der Waals surface area contributed by atoms with Crippen molar-refractivity contribution in [2.24, 2.45) is 0 Å². The second kappa shape index (κ2) is 4.34. The normalized spacial score (nSPS) is 12.9. The van der Waals surface area contributed by atoms with Gasteiger partial charge < -0.3 is 11.1 Å². The van der Waals surface area contributed by atoms with Gasteiger partial charge in [0.2, 0.25) is 0 Å². The summed E-state index contributed by atoms with van der Waals surface area (Å²) in [5, 5.41) is 5.56. The maximum atomic E-state index is 6.00. The van der Waals surface area contributed by atoms with Crippen LogP contribution in [-0.4, -0.2) is 12.0 Å². The van der Waals surface area contributed by atoms with Crippen LogP contribution in [0.2, 0.25) is 0 Å². The molecule has 0 aliphatic rings. The van der Waals surface area contributed by atoms with E-state index >= 15 is 0 Å². The molecule has 0 aliphatic heterocycles. The molecule has 0 aliphatic carbocycles. The van der Waals surface area contributed by atoms with Gasteiger partial charge in [-0.3, -0.25) is 0 Å². The highest BCUT2D eigenvalue weighted by atomic mass is 14.9. The molecule has 3 N–H and O–H groups in total. The molecule has 0 spiro atoms. The summed E-state index contributed by atoms with van der Waals surface area (Å²) in [5.74, 6) is 0.619. The standard InChI is InChI=1S/C14H19N3/c1-8-6-5-7-11-12(8)13(9(2)16-4)10(3)17-14(11)15/h5-7,9,16H,1-4H3,(H2,15,17). The van der Waals surface area contributed by atoms with E-state index in [1.54, 1.807) is 0 Å². The molecule has 1 heterocycles. The summed E-state index contributed by atoms with van der Waals surface area (Å²) in [6.45, 7) is 6.28. The minimum atomic E-state index is 0.270. The van der Waals surface area contributed by atoms with Crippen molar-refractivity contribution in [2.75, 3.05) is 12.8 Å². The molecule has 3 nitrogen and oxygen atoms in total. The van der Waals surface area contributed by atoms with Crippen molar-refractivity contribution in [1.82, 2.24) is 10.3 Å². The third kappa shape index (κ3) is 1.87. The van der Waals surface area contributed by atoms with E-state index in [0.717, 1.165) is 11.1 Å². The molecule has 0 amide bonds. The number of nitrogen functional groups attached to an aromatic ring is 1. The van der Waals surface area contributed by atoms with E-state index in [4.69, 9.17) is 5.73 Å². The van der Waals surface area contributed by atoms with Crippen molar-refractivity contribution in [1.29, 1.82) is 0 Å². The van der Waals surface area contributed by atoms with E-state index in [-0.39, 0.29) is 6.04 Å². The summed E-state index contributed by atoms with van der Waals surface area (Å²) < 4.78 is 0. The lowest BCUT2D eigenvalue weighted by atomic mass is 9.95. The van der Waals surface area contributed by atoms with Crippen molar-refractivity contribution in [3.8, 4) is 0 Å². The number of anilines is 1. The minimum absolute atomic E-state index is 0.270. The van der Waals surface area contributed by atoms with Gasteiger partial charge in [0.1, 0.15) is 5.82 Å². The summed E-state index contributed by atoms with van der Waals surface area (Å²) in [4.78, 5) is 4.45. The Balaban J connectivity index is 2.90. The first-order valence-electron chi connectivity index (χ1n) is 5.88. The number of aromatic nitrogens is 1. The van der Waals surface area contributed by atoms with Crippen LogP contribution in [0, 0.1) is 13.8 Å². The molecule has 90 valence electrons. The first-order valence-corrected chi connectivity index (χ1v) is 5.88. The molecule has 2 aromatic rings. The Hall–Kier alpha value is -1.61. The van der Waals surface area contributed by atoms with Crippen molar-refractivity contribution < 1.29 is 0 Å². The molecule has 3 heteroatoms. The van der Waals surface area contributed by atoms with Gasteiger partial charge in [0, 0.05) is 17.1 Å². The zero-order valence-corrected chi connectivity index (χ0v) is 10.8. The van der Waals surface area contributed by atoms with Crippen molar-refractivity contribution in [3.05, 3.63) is 35.0 Å². The minimum Gasteiger partial charge on any atom is -0.383 e. The lowest BCUT2D eigenvalue weighted by molar-refractivity contribution is 0.650. The Kier molecular flexibility index (Phi) is 3.03. The first kappa shape index (κ1) is 11.9. The van der Waals surface area contributed by atoms with Crippen LogP contribution in [0.5, 0.6) is 0 Å². The van der Waals surface area contributed by atoms with Gasteiger partial charge in [-0.2, -0.15) is 0 Å². The smallest absolute Gasteiger partial charge is 0.131 e. The van der Waals surface area contributed by atoms with Crippen molar-refractivity contribution in [2.45, 2.75) is 26.8 Å². The molecule has 0 bridgehead atoms. The average molecular weight is 229 g/mol. The summed E-state index contributed by atoms with van der Waals surface area (Å²) in [6.07, 6.45) is 0. The molecule has 1 aromatic heterocycles. The second-order valence-corrected chi connectivity index (χ2v) is 4.50. The first-order chi connectivity index (χ1) is 8.06. The van der Waals surface area contributed by atoms with Gasteiger partial charge in [0.05, 0.1) is 0 Å². The Bertz CT molecular complexity index is 561. The van der Waals surface area contributed by atoms with Crippen molar-refractivity contribution in [3.63, 3.8) is 0 Å². The SMILES string of the molecule is CNC(C)c1c(C)nc(N)c2cccc(C)c12. The van der Waals surface area contributed by atoms with E-state index in [0.29, 0.717) is 5.82 Å². The fraction of sp³-hybridized carbons (Fsp3) is 0.357. The van der Waals surface area contributed by atoms with Crippen LogP contribution in [0.4, 0.5) is 5.82 Å².